The van der Waals surface area contributed by atoms with E-state index in [-0.39, 0.29) is 18.0 Å². The third-order valence-corrected chi connectivity index (χ3v) is 4.51. The van der Waals surface area contributed by atoms with Crippen LogP contribution in [0.2, 0.25) is 0 Å². The number of ether oxygens (including phenoxy) is 4. The van der Waals surface area contributed by atoms with Gasteiger partial charge in [0, 0.05) is 19.4 Å². The maximum Gasteiger partial charge on any atom is 0.168 e. The molecule has 1 saturated heterocycles. The molecule has 1 atom stereocenters. The van der Waals surface area contributed by atoms with E-state index in [9.17, 15) is 0 Å². The Morgan fingerprint density at radius 3 is 2.45 bits per heavy atom. The average molecular weight is 306 g/mol. The smallest absolute Gasteiger partial charge is 0.168 e. The molecule has 1 aromatic carbocycles. The zero-order valence-electron chi connectivity index (χ0n) is 13.3. The quantitative estimate of drug-likeness (QED) is 0.806. The summed E-state index contributed by atoms with van der Waals surface area (Å²) in [5.41, 5.74) is 1.18. The van der Waals surface area contributed by atoms with Crippen molar-refractivity contribution in [3.05, 3.63) is 35.9 Å². The van der Waals surface area contributed by atoms with Crippen molar-refractivity contribution in [3.8, 4) is 0 Å². The zero-order valence-corrected chi connectivity index (χ0v) is 13.3. The van der Waals surface area contributed by atoms with Gasteiger partial charge >= 0.3 is 0 Å². The molecule has 2 fully saturated rings. The molecule has 0 radical (unpaired) electrons. The summed E-state index contributed by atoms with van der Waals surface area (Å²) in [6.07, 6.45) is 4.07. The molecule has 0 bridgehead atoms. The van der Waals surface area contributed by atoms with Gasteiger partial charge in [-0.3, -0.25) is 0 Å². The van der Waals surface area contributed by atoms with E-state index >= 15 is 0 Å². The van der Waals surface area contributed by atoms with E-state index in [1.807, 2.05) is 25.1 Å². The van der Waals surface area contributed by atoms with Gasteiger partial charge in [-0.2, -0.15) is 0 Å². The summed E-state index contributed by atoms with van der Waals surface area (Å²) in [7, 11) is 0. The Bertz CT molecular complexity index is 432. The van der Waals surface area contributed by atoms with Gasteiger partial charge in [-0.25, -0.2) is 0 Å². The Morgan fingerprint density at radius 2 is 1.82 bits per heavy atom. The van der Waals surface area contributed by atoms with Crippen LogP contribution in [0.3, 0.4) is 0 Å². The van der Waals surface area contributed by atoms with Crippen LogP contribution < -0.4 is 0 Å². The topological polar surface area (TPSA) is 36.9 Å². The third-order valence-electron chi connectivity index (χ3n) is 4.51. The molecule has 3 rings (SSSR count). The Kier molecular flexibility index (Phi) is 5.47. The summed E-state index contributed by atoms with van der Waals surface area (Å²) >= 11 is 0. The molecule has 2 aliphatic rings. The second-order valence-electron chi connectivity index (χ2n) is 6.00. The van der Waals surface area contributed by atoms with Crippen LogP contribution >= 0.6 is 0 Å². The first-order valence-electron chi connectivity index (χ1n) is 8.37. The van der Waals surface area contributed by atoms with E-state index in [4.69, 9.17) is 18.9 Å². The normalized spacial score (nSPS) is 23.0. The molecule has 1 aromatic rings. The highest BCUT2D eigenvalue weighted by Crippen LogP contribution is 2.38. The van der Waals surface area contributed by atoms with E-state index < -0.39 is 0 Å². The summed E-state index contributed by atoms with van der Waals surface area (Å²) in [6.45, 7) is 4.78. The second kappa shape index (κ2) is 7.55. The van der Waals surface area contributed by atoms with E-state index in [1.165, 1.54) is 5.56 Å². The van der Waals surface area contributed by atoms with Crippen molar-refractivity contribution >= 4 is 0 Å². The minimum atomic E-state index is -0.317. The van der Waals surface area contributed by atoms with Gasteiger partial charge in [0.25, 0.3) is 0 Å². The number of benzene rings is 1. The van der Waals surface area contributed by atoms with Crippen molar-refractivity contribution in [2.24, 2.45) is 0 Å². The molecule has 1 unspecified atom stereocenters. The lowest BCUT2D eigenvalue weighted by molar-refractivity contribution is -0.197. The average Bonchev–Trinajstić information content (AvgIpc) is 3.02. The van der Waals surface area contributed by atoms with Crippen LogP contribution in [0.25, 0.3) is 0 Å². The van der Waals surface area contributed by atoms with Gasteiger partial charge in [-0.05, 0) is 25.3 Å². The minimum absolute atomic E-state index is 0.00520. The largest absolute Gasteiger partial charge is 0.379 e. The van der Waals surface area contributed by atoms with Crippen molar-refractivity contribution < 1.29 is 18.9 Å². The van der Waals surface area contributed by atoms with Gasteiger partial charge in [0.1, 0.15) is 6.10 Å². The molecule has 0 amide bonds. The van der Waals surface area contributed by atoms with Crippen LogP contribution in [0, 0.1) is 0 Å². The summed E-state index contributed by atoms with van der Waals surface area (Å²) in [5, 5.41) is 0. The lowest BCUT2D eigenvalue weighted by Crippen LogP contribution is -2.38. The molecule has 122 valence electrons. The predicted octanol–water partition coefficient (Wildman–Crippen LogP) is 3.47. The van der Waals surface area contributed by atoms with Gasteiger partial charge < -0.3 is 18.9 Å². The monoisotopic (exact) mass is 306 g/mol. The van der Waals surface area contributed by atoms with Crippen molar-refractivity contribution in [1.82, 2.24) is 0 Å². The van der Waals surface area contributed by atoms with E-state index in [1.54, 1.807) is 0 Å². The summed E-state index contributed by atoms with van der Waals surface area (Å²) in [4.78, 5) is 0. The standard InChI is InChI=1S/C18H26O4/c1-2-19-14-17(15-6-4-3-5-7-15)22-16-8-10-18(11-9-16)20-12-13-21-18/h3-7,16-17H,2,8-14H2,1H3. The molecule has 1 aliphatic carbocycles. The Balaban J connectivity index is 1.57. The predicted molar refractivity (Wildman–Crippen MR) is 83.7 cm³/mol. The summed E-state index contributed by atoms with van der Waals surface area (Å²) in [6, 6.07) is 10.3. The van der Waals surface area contributed by atoms with Crippen molar-refractivity contribution in [2.75, 3.05) is 26.4 Å². The maximum absolute atomic E-state index is 6.35. The summed E-state index contributed by atoms with van der Waals surface area (Å²) < 4.78 is 23.5. The molecule has 0 aromatic heterocycles. The van der Waals surface area contributed by atoms with Crippen LogP contribution in [-0.4, -0.2) is 38.3 Å². The Hall–Kier alpha value is -0.940. The SMILES string of the molecule is CCOCC(OC1CCC2(CC1)OCCO2)c1ccccc1. The highest BCUT2D eigenvalue weighted by molar-refractivity contribution is 5.17. The molecule has 1 heterocycles. The third kappa shape index (κ3) is 3.87. The van der Waals surface area contributed by atoms with Crippen molar-refractivity contribution in [3.63, 3.8) is 0 Å². The molecular formula is C18H26O4. The van der Waals surface area contributed by atoms with Gasteiger partial charge in [0.2, 0.25) is 0 Å². The van der Waals surface area contributed by atoms with Crippen LogP contribution in [0.5, 0.6) is 0 Å². The van der Waals surface area contributed by atoms with Gasteiger partial charge in [-0.15, -0.1) is 0 Å². The maximum atomic E-state index is 6.35. The van der Waals surface area contributed by atoms with E-state index in [0.717, 1.165) is 38.9 Å². The lowest BCUT2D eigenvalue weighted by atomic mass is 9.91. The van der Waals surface area contributed by atoms with Crippen molar-refractivity contribution in [1.29, 1.82) is 0 Å². The lowest BCUT2D eigenvalue weighted by Gasteiger charge is -2.36. The van der Waals surface area contributed by atoms with E-state index in [0.29, 0.717) is 13.2 Å². The Morgan fingerprint density at radius 1 is 1.14 bits per heavy atom. The van der Waals surface area contributed by atoms with Crippen molar-refractivity contribution in [2.45, 2.75) is 50.6 Å². The van der Waals surface area contributed by atoms with Gasteiger partial charge in [0.05, 0.1) is 25.9 Å². The number of hydrogen-bond donors (Lipinski definition) is 0. The zero-order chi connectivity index (χ0) is 15.3. The van der Waals surface area contributed by atoms with Gasteiger partial charge in [-0.1, -0.05) is 30.3 Å². The minimum Gasteiger partial charge on any atom is -0.379 e. The van der Waals surface area contributed by atoms with Crippen LogP contribution in [-0.2, 0) is 18.9 Å². The molecular weight excluding hydrogens is 280 g/mol. The molecule has 1 saturated carbocycles. The number of rotatable bonds is 6. The highest BCUT2D eigenvalue weighted by atomic mass is 16.7. The van der Waals surface area contributed by atoms with Crippen LogP contribution in [0.15, 0.2) is 30.3 Å². The Labute approximate surface area is 132 Å². The highest BCUT2D eigenvalue weighted by Gasteiger charge is 2.41. The molecule has 1 spiro atoms. The molecule has 0 N–H and O–H groups in total. The van der Waals surface area contributed by atoms with E-state index in [2.05, 4.69) is 12.1 Å². The van der Waals surface area contributed by atoms with Crippen LogP contribution in [0.4, 0.5) is 0 Å². The second-order valence-corrected chi connectivity index (χ2v) is 6.00. The first kappa shape index (κ1) is 15.9. The first-order chi connectivity index (χ1) is 10.8. The fourth-order valence-corrected chi connectivity index (χ4v) is 3.29. The molecule has 4 heteroatoms. The fraction of sp³-hybridized carbons (Fsp3) is 0.667. The molecule has 4 nitrogen and oxygen atoms in total. The van der Waals surface area contributed by atoms with Gasteiger partial charge in [0.15, 0.2) is 5.79 Å². The number of hydrogen-bond acceptors (Lipinski definition) is 4. The molecule has 1 aliphatic heterocycles. The first-order valence-corrected chi connectivity index (χ1v) is 8.37. The summed E-state index contributed by atoms with van der Waals surface area (Å²) in [5.74, 6) is -0.317. The fourth-order valence-electron chi connectivity index (χ4n) is 3.29. The molecule has 22 heavy (non-hydrogen) atoms. The van der Waals surface area contributed by atoms with Crippen LogP contribution in [0.1, 0.15) is 44.3 Å².